The van der Waals surface area contributed by atoms with Crippen molar-refractivity contribution in [1.29, 1.82) is 0 Å². The van der Waals surface area contributed by atoms with Gasteiger partial charge in [-0.2, -0.15) is 0 Å². The number of nitrogens with one attached hydrogen (secondary N) is 2. The van der Waals surface area contributed by atoms with Gasteiger partial charge >= 0.3 is 0 Å². The normalized spacial score (nSPS) is 10.0. The van der Waals surface area contributed by atoms with Gasteiger partial charge in [0.05, 0.1) is 5.69 Å². The highest BCUT2D eigenvalue weighted by Crippen LogP contribution is 2.19. The molecule has 0 spiro atoms. The summed E-state index contributed by atoms with van der Waals surface area (Å²) in [7, 11) is 0. The summed E-state index contributed by atoms with van der Waals surface area (Å²) in [6.07, 6.45) is 0. The summed E-state index contributed by atoms with van der Waals surface area (Å²) in [5.41, 5.74) is 1.63. The van der Waals surface area contributed by atoms with E-state index in [-0.39, 0.29) is 16.6 Å². The van der Waals surface area contributed by atoms with Gasteiger partial charge in [-0.1, -0.05) is 15.9 Å². The molecule has 0 amide bonds. The van der Waals surface area contributed by atoms with Gasteiger partial charge in [0.1, 0.15) is 5.82 Å². The first-order valence-electron chi connectivity index (χ1n) is 6.10. The van der Waals surface area contributed by atoms with E-state index in [1.807, 2.05) is 0 Å². The molecule has 3 nitrogen and oxygen atoms in total. The van der Waals surface area contributed by atoms with Crippen molar-refractivity contribution in [3.8, 4) is 0 Å². The fraction of sp³-hybridized carbons (Fsp3) is 0.0667. The third-order valence-electron chi connectivity index (χ3n) is 2.73. The minimum absolute atomic E-state index is 0.000755. The molecule has 0 radical (unpaired) electrons. The predicted molar refractivity (Wildman–Crippen MR) is 90.4 cm³/mol. The van der Waals surface area contributed by atoms with E-state index >= 15 is 0 Å². The average Bonchev–Trinajstić information content (AvgIpc) is 2.42. The van der Waals surface area contributed by atoms with Gasteiger partial charge in [-0.05, 0) is 61.6 Å². The van der Waals surface area contributed by atoms with Crippen LogP contribution in [0.1, 0.15) is 17.3 Å². The van der Waals surface area contributed by atoms with Gasteiger partial charge in [0.2, 0.25) is 0 Å². The summed E-state index contributed by atoms with van der Waals surface area (Å²) in [4.78, 5) is 11.2. The highest BCUT2D eigenvalue weighted by atomic mass is 79.9. The monoisotopic (exact) mass is 366 g/mol. The van der Waals surface area contributed by atoms with Crippen molar-refractivity contribution in [2.24, 2.45) is 0 Å². The maximum absolute atomic E-state index is 13.7. The molecule has 0 saturated heterocycles. The Balaban J connectivity index is 2.02. The molecule has 0 unspecified atom stereocenters. The molecule has 21 heavy (non-hydrogen) atoms. The molecule has 0 saturated carbocycles. The molecule has 2 rings (SSSR count). The number of thiocarbonyl (C=S) groups is 1. The van der Waals surface area contributed by atoms with Crippen LogP contribution in [0.5, 0.6) is 0 Å². The topological polar surface area (TPSA) is 41.1 Å². The molecule has 2 N–H and O–H groups in total. The fourth-order valence-corrected chi connectivity index (χ4v) is 2.22. The van der Waals surface area contributed by atoms with Crippen LogP contribution in [-0.4, -0.2) is 10.9 Å². The number of halogens is 2. The van der Waals surface area contributed by atoms with Gasteiger partial charge in [-0.15, -0.1) is 0 Å². The van der Waals surface area contributed by atoms with Crippen molar-refractivity contribution in [1.82, 2.24) is 0 Å². The maximum atomic E-state index is 13.7. The molecule has 0 aliphatic heterocycles. The summed E-state index contributed by atoms with van der Waals surface area (Å²) in [6.45, 7) is 1.50. The van der Waals surface area contributed by atoms with Crippen LogP contribution < -0.4 is 10.6 Å². The van der Waals surface area contributed by atoms with Crippen LogP contribution in [0.4, 0.5) is 15.8 Å². The number of Topliss-reactive ketones (excluding diaryl/α,β-unsaturated/α-hetero) is 1. The maximum Gasteiger partial charge on any atom is 0.175 e. The summed E-state index contributed by atoms with van der Waals surface area (Å²) in [5.74, 6) is -0.403. The first kappa shape index (κ1) is 15.6. The van der Waals surface area contributed by atoms with Crippen molar-refractivity contribution in [2.75, 3.05) is 10.6 Å². The number of rotatable bonds is 3. The second-order valence-electron chi connectivity index (χ2n) is 4.34. The zero-order chi connectivity index (χ0) is 15.4. The zero-order valence-electron chi connectivity index (χ0n) is 11.1. The van der Waals surface area contributed by atoms with Gasteiger partial charge < -0.3 is 10.6 Å². The average molecular weight is 367 g/mol. The molecule has 2 aromatic rings. The molecular formula is C15H12BrFN2OS. The quantitative estimate of drug-likeness (QED) is 0.615. The van der Waals surface area contributed by atoms with E-state index in [2.05, 4.69) is 26.6 Å². The second-order valence-corrected chi connectivity index (χ2v) is 5.66. The van der Waals surface area contributed by atoms with Gasteiger partial charge in [-0.25, -0.2) is 4.39 Å². The number of benzene rings is 2. The lowest BCUT2D eigenvalue weighted by Gasteiger charge is -2.11. The molecule has 0 heterocycles. The first-order valence-corrected chi connectivity index (χ1v) is 7.30. The Labute approximate surface area is 135 Å². The van der Waals surface area contributed by atoms with Crippen LogP contribution in [0, 0.1) is 5.82 Å². The van der Waals surface area contributed by atoms with Gasteiger partial charge in [-0.3, -0.25) is 4.79 Å². The molecule has 0 bridgehead atoms. The molecule has 6 heteroatoms. The molecule has 0 aromatic heterocycles. The van der Waals surface area contributed by atoms with Crippen molar-refractivity contribution >= 4 is 50.4 Å². The fourth-order valence-electron chi connectivity index (χ4n) is 1.66. The summed E-state index contributed by atoms with van der Waals surface area (Å²) in [5, 5.41) is 5.98. The minimum Gasteiger partial charge on any atom is -0.332 e. The Kier molecular flexibility index (Phi) is 5.03. The Morgan fingerprint density at radius 1 is 1.14 bits per heavy atom. The highest BCUT2D eigenvalue weighted by molar-refractivity contribution is 9.10. The predicted octanol–water partition coefficient (Wildman–Crippen LogP) is 4.60. The van der Waals surface area contributed by atoms with E-state index in [1.165, 1.54) is 13.0 Å². The summed E-state index contributed by atoms with van der Waals surface area (Å²) < 4.78 is 14.3. The first-order chi connectivity index (χ1) is 9.95. The lowest BCUT2D eigenvalue weighted by molar-refractivity contribution is 0.101. The van der Waals surface area contributed by atoms with Crippen molar-refractivity contribution in [3.05, 3.63) is 58.3 Å². The molecule has 0 atom stereocenters. The lowest BCUT2D eigenvalue weighted by atomic mass is 10.1. The Morgan fingerprint density at radius 3 is 2.38 bits per heavy atom. The van der Waals surface area contributed by atoms with E-state index < -0.39 is 5.82 Å². The Hall–Kier alpha value is -1.79. The number of hydrogen-bond donors (Lipinski definition) is 2. The number of anilines is 2. The molecule has 2 aromatic carbocycles. The number of carbonyl (C=O) groups excluding carboxylic acids is 1. The Bertz CT molecular complexity index is 689. The van der Waals surface area contributed by atoms with Crippen LogP contribution in [0.15, 0.2) is 46.9 Å². The van der Waals surface area contributed by atoms with Crippen molar-refractivity contribution in [2.45, 2.75) is 6.92 Å². The number of carbonyl (C=O) groups is 1. The van der Waals surface area contributed by atoms with E-state index in [0.717, 1.165) is 5.69 Å². The van der Waals surface area contributed by atoms with E-state index in [0.29, 0.717) is 10.0 Å². The summed E-state index contributed by atoms with van der Waals surface area (Å²) in [6, 6.07) is 11.5. The van der Waals surface area contributed by atoms with Crippen molar-refractivity contribution < 1.29 is 9.18 Å². The molecule has 108 valence electrons. The molecule has 0 aliphatic carbocycles. The van der Waals surface area contributed by atoms with Gasteiger partial charge in [0.15, 0.2) is 10.9 Å². The largest absolute Gasteiger partial charge is 0.332 e. The summed E-state index contributed by atoms with van der Waals surface area (Å²) >= 11 is 8.32. The molecule has 0 aliphatic rings. The Morgan fingerprint density at radius 2 is 1.81 bits per heavy atom. The third kappa shape index (κ3) is 4.34. The zero-order valence-corrected chi connectivity index (χ0v) is 13.5. The van der Waals surface area contributed by atoms with E-state index in [1.54, 1.807) is 36.4 Å². The van der Waals surface area contributed by atoms with Gasteiger partial charge in [0.25, 0.3) is 0 Å². The number of ketones is 1. The van der Waals surface area contributed by atoms with Crippen molar-refractivity contribution in [3.63, 3.8) is 0 Å². The van der Waals surface area contributed by atoms with Crippen LogP contribution in [0.3, 0.4) is 0 Å². The minimum atomic E-state index is -0.402. The standard InChI is InChI=1S/C15H12BrFN2OS/c1-9(20)10-2-5-12(6-3-10)18-15(21)19-14-7-4-11(16)8-13(14)17/h2-8H,1H3,(H2,18,19,21). The van der Waals surface area contributed by atoms with Crippen LogP contribution in [0.2, 0.25) is 0 Å². The smallest absolute Gasteiger partial charge is 0.175 e. The lowest BCUT2D eigenvalue weighted by Crippen LogP contribution is -2.19. The van der Waals surface area contributed by atoms with E-state index in [9.17, 15) is 9.18 Å². The molecular weight excluding hydrogens is 355 g/mol. The van der Waals surface area contributed by atoms with Crippen LogP contribution in [0.25, 0.3) is 0 Å². The van der Waals surface area contributed by atoms with Gasteiger partial charge in [0, 0.05) is 15.7 Å². The number of hydrogen-bond acceptors (Lipinski definition) is 2. The second kappa shape index (κ2) is 6.78. The molecule has 0 fully saturated rings. The van der Waals surface area contributed by atoms with Crippen LogP contribution >= 0.6 is 28.1 Å². The SMILES string of the molecule is CC(=O)c1ccc(NC(=S)Nc2ccc(Br)cc2F)cc1. The van der Waals surface area contributed by atoms with E-state index in [4.69, 9.17) is 12.2 Å². The highest BCUT2D eigenvalue weighted by Gasteiger charge is 2.05. The van der Waals surface area contributed by atoms with Crippen LogP contribution in [-0.2, 0) is 0 Å². The third-order valence-corrected chi connectivity index (χ3v) is 3.43.